The predicted octanol–water partition coefficient (Wildman–Crippen LogP) is 4.32. The lowest BCUT2D eigenvalue weighted by atomic mass is 10.1. The smallest absolute Gasteiger partial charge is 0.308 e. The largest absolute Gasteiger partial charge is 0.493 e. The molecule has 0 N–H and O–H groups in total. The molecule has 0 amide bonds. The molecule has 0 radical (unpaired) electrons. The lowest BCUT2D eigenvalue weighted by molar-refractivity contribution is -0.132. The van der Waals surface area contributed by atoms with Crippen molar-refractivity contribution >= 4 is 11.7 Å². The molecule has 3 aromatic rings. The number of aryl methyl sites for hydroxylation is 1. The molecule has 0 saturated heterocycles. The summed E-state index contributed by atoms with van der Waals surface area (Å²) in [5.41, 5.74) is 3.63. The Hall–Kier alpha value is -3.28. The van der Waals surface area contributed by atoms with Gasteiger partial charge in [-0.05, 0) is 37.3 Å². The first-order valence-electron chi connectivity index (χ1n) is 8.51. The van der Waals surface area contributed by atoms with Crippen molar-refractivity contribution in [3.63, 3.8) is 0 Å². The van der Waals surface area contributed by atoms with Crippen LogP contribution >= 0.6 is 0 Å². The summed E-state index contributed by atoms with van der Waals surface area (Å²) in [6.45, 7) is 3.23. The highest BCUT2D eigenvalue weighted by Gasteiger charge is 2.16. The van der Waals surface area contributed by atoms with E-state index in [1.54, 1.807) is 18.2 Å². The number of carbonyl (C=O) groups is 1. The first-order chi connectivity index (χ1) is 12.9. The van der Waals surface area contributed by atoms with E-state index in [1.165, 1.54) is 14.0 Å². The molecule has 3 rings (SSSR count). The molecule has 2 aromatic carbocycles. The molecular formula is C21H22N2O4. The predicted molar refractivity (Wildman–Crippen MR) is 104 cm³/mol. The number of hydrogen-bond donors (Lipinski definition) is 0. The zero-order valence-electron chi connectivity index (χ0n) is 16.1. The lowest BCUT2D eigenvalue weighted by Crippen LogP contribution is -2.07. The van der Waals surface area contributed by atoms with Gasteiger partial charge in [-0.3, -0.25) is 4.79 Å². The van der Waals surface area contributed by atoms with Crippen molar-refractivity contribution in [1.82, 2.24) is 4.98 Å². The molecule has 1 heterocycles. The molecule has 0 saturated carbocycles. The van der Waals surface area contributed by atoms with Gasteiger partial charge in [0.2, 0.25) is 5.89 Å². The van der Waals surface area contributed by atoms with Crippen molar-refractivity contribution in [2.75, 3.05) is 26.1 Å². The van der Waals surface area contributed by atoms with Crippen molar-refractivity contribution in [3.05, 3.63) is 48.2 Å². The van der Waals surface area contributed by atoms with E-state index in [2.05, 4.69) is 4.98 Å². The van der Waals surface area contributed by atoms with Crippen LogP contribution in [0.4, 0.5) is 5.69 Å². The number of methoxy groups -OCH3 is 1. The molecule has 0 unspecified atom stereocenters. The van der Waals surface area contributed by atoms with E-state index in [-0.39, 0.29) is 0 Å². The summed E-state index contributed by atoms with van der Waals surface area (Å²) < 4.78 is 16.3. The summed E-state index contributed by atoms with van der Waals surface area (Å²) >= 11 is 0. The number of nitrogens with zero attached hydrogens (tertiary/aromatic N) is 2. The normalized spacial score (nSPS) is 10.6. The van der Waals surface area contributed by atoms with Gasteiger partial charge in [0.1, 0.15) is 11.5 Å². The Morgan fingerprint density at radius 1 is 1.04 bits per heavy atom. The van der Waals surface area contributed by atoms with E-state index in [0.717, 1.165) is 28.3 Å². The molecule has 0 spiro atoms. The third kappa shape index (κ3) is 3.95. The standard InChI is InChI=1S/C21H22N2O4/c1-13-20(15-6-9-17(10-7-15)23(3)4)22-21(26-13)16-8-11-18(27-14(2)24)19(12-16)25-5/h6-12H,1-5H3. The van der Waals surface area contributed by atoms with Gasteiger partial charge in [-0.25, -0.2) is 4.98 Å². The number of oxazole rings is 1. The summed E-state index contributed by atoms with van der Waals surface area (Å²) in [4.78, 5) is 17.9. The molecule has 0 aliphatic rings. The van der Waals surface area contributed by atoms with Gasteiger partial charge in [0.25, 0.3) is 0 Å². The number of benzene rings is 2. The van der Waals surface area contributed by atoms with Crippen molar-refractivity contribution in [3.8, 4) is 34.2 Å². The monoisotopic (exact) mass is 366 g/mol. The number of esters is 1. The van der Waals surface area contributed by atoms with Crippen LogP contribution in [0.1, 0.15) is 12.7 Å². The number of carbonyl (C=O) groups excluding carboxylic acids is 1. The van der Waals surface area contributed by atoms with E-state index < -0.39 is 5.97 Å². The molecular weight excluding hydrogens is 344 g/mol. The van der Waals surface area contributed by atoms with Crippen molar-refractivity contribution in [2.45, 2.75) is 13.8 Å². The molecule has 0 fully saturated rings. The van der Waals surface area contributed by atoms with E-state index in [4.69, 9.17) is 13.9 Å². The summed E-state index contributed by atoms with van der Waals surface area (Å²) in [6.07, 6.45) is 0. The zero-order chi connectivity index (χ0) is 19.6. The first-order valence-corrected chi connectivity index (χ1v) is 8.51. The van der Waals surface area contributed by atoms with E-state index >= 15 is 0 Å². The lowest BCUT2D eigenvalue weighted by Gasteiger charge is -2.12. The average molecular weight is 366 g/mol. The van der Waals surface area contributed by atoms with Crippen LogP contribution in [0.3, 0.4) is 0 Å². The second kappa shape index (κ2) is 7.53. The van der Waals surface area contributed by atoms with Gasteiger partial charge >= 0.3 is 5.97 Å². The fraction of sp³-hybridized carbons (Fsp3) is 0.238. The van der Waals surface area contributed by atoms with Crippen LogP contribution in [0.15, 0.2) is 46.9 Å². The van der Waals surface area contributed by atoms with E-state index in [1.807, 2.05) is 50.2 Å². The summed E-state index contributed by atoms with van der Waals surface area (Å²) in [6, 6.07) is 13.3. The third-order valence-electron chi connectivity index (χ3n) is 4.12. The van der Waals surface area contributed by atoms with Crippen LogP contribution in [0, 0.1) is 6.92 Å². The Balaban J connectivity index is 1.95. The molecule has 0 bridgehead atoms. The van der Waals surface area contributed by atoms with Gasteiger partial charge < -0.3 is 18.8 Å². The molecule has 6 nitrogen and oxygen atoms in total. The average Bonchev–Trinajstić information content (AvgIpc) is 3.03. The minimum atomic E-state index is -0.406. The third-order valence-corrected chi connectivity index (χ3v) is 4.12. The Labute approximate surface area is 158 Å². The molecule has 27 heavy (non-hydrogen) atoms. The maximum Gasteiger partial charge on any atom is 0.308 e. The fourth-order valence-electron chi connectivity index (χ4n) is 2.74. The van der Waals surface area contributed by atoms with Crippen molar-refractivity contribution in [2.24, 2.45) is 0 Å². The summed E-state index contributed by atoms with van der Waals surface area (Å²) in [7, 11) is 5.52. The number of hydrogen-bond acceptors (Lipinski definition) is 6. The van der Waals surface area contributed by atoms with Gasteiger partial charge in [0.15, 0.2) is 11.5 Å². The van der Waals surface area contributed by atoms with E-state index in [9.17, 15) is 4.79 Å². The highest BCUT2D eigenvalue weighted by molar-refractivity contribution is 5.72. The SMILES string of the molecule is COc1cc(-c2nc(-c3ccc(N(C)C)cc3)c(C)o2)ccc1OC(C)=O. The summed E-state index contributed by atoms with van der Waals surface area (Å²) in [5, 5.41) is 0. The van der Waals surface area contributed by atoms with Crippen LogP contribution in [-0.4, -0.2) is 32.2 Å². The Bertz CT molecular complexity index is 959. The first kappa shape index (κ1) is 18.5. The van der Waals surface area contributed by atoms with Crippen LogP contribution in [0.5, 0.6) is 11.5 Å². The van der Waals surface area contributed by atoms with Gasteiger partial charge in [-0.1, -0.05) is 12.1 Å². The van der Waals surface area contributed by atoms with Crippen molar-refractivity contribution < 1.29 is 18.7 Å². The molecule has 1 aromatic heterocycles. The van der Waals surface area contributed by atoms with Crippen LogP contribution in [0.2, 0.25) is 0 Å². The van der Waals surface area contributed by atoms with Crippen molar-refractivity contribution in [1.29, 1.82) is 0 Å². The Morgan fingerprint density at radius 2 is 1.70 bits per heavy atom. The van der Waals surface area contributed by atoms with Gasteiger partial charge in [-0.15, -0.1) is 0 Å². The topological polar surface area (TPSA) is 64.8 Å². The molecule has 140 valence electrons. The quantitative estimate of drug-likeness (QED) is 0.495. The fourth-order valence-corrected chi connectivity index (χ4v) is 2.74. The second-order valence-corrected chi connectivity index (χ2v) is 6.32. The van der Waals surface area contributed by atoms with Crippen LogP contribution < -0.4 is 14.4 Å². The maximum atomic E-state index is 11.2. The Morgan fingerprint density at radius 3 is 2.30 bits per heavy atom. The molecule has 0 aliphatic carbocycles. The summed E-state index contributed by atoms with van der Waals surface area (Å²) in [5.74, 6) is 1.60. The minimum Gasteiger partial charge on any atom is -0.493 e. The van der Waals surface area contributed by atoms with E-state index in [0.29, 0.717) is 17.4 Å². The van der Waals surface area contributed by atoms with Crippen LogP contribution in [-0.2, 0) is 4.79 Å². The molecule has 6 heteroatoms. The maximum absolute atomic E-state index is 11.2. The number of anilines is 1. The number of aromatic nitrogens is 1. The second-order valence-electron chi connectivity index (χ2n) is 6.32. The highest BCUT2D eigenvalue weighted by atomic mass is 16.6. The number of rotatable bonds is 5. The van der Waals surface area contributed by atoms with Gasteiger partial charge in [0.05, 0.1) is 7.11 Å². The zero-order valence-corrected chi connectivity index (χ0v) is 16.1. The van der Waals surface area contributed by atoms with Gasteiger partial charge in [-0.2, -0.15) is 0 Å². The number of ether oxygens (including phenoxy) is 2. The Kier molecular flexibility index (Phi) is 5.16. The van der Waals surface area contributed by atoms with Gasteiger partial charge in [0, 0.05) is 37.8 Å². The highest BCUT2D eigenvalue weighted by Crippen LogP contribution is 2.35. The minimum absolute atomic E-state index is 0.358. The molecule has 0 atom stereocenters. The van der Waals surface area contributed by atoms with Crippen LogP contribution in [0.25, 0.3) is 22.7 Å². The molecule has 0 aliphatic heterocycles.